The van der Waals surface area contributed by atoms with Gasteiger partial charge in [-0.05, 0) is 35.8 Å². The molecule has 7 heteroatoms. The van der Waals surface area contributed by atoms with E-state index in [4.69, 9.17) is 16.0 Å². The van der Waals surface area contributed by atoms with Crippen molar-refractivity contribution >= 4 is 29.9 Å². The number of nitrogens with zero attached hydrogens (tertiary/aromatic N) is 1. The molecule has 1 aromatic carbocycles. The third-order valence-corrected chi connectivity index (χ3v) is 12.2. The molecule has 150 valence electrons. The van der Waals surface area contributed by atoms with Gasteiger partial charge in [-0.3, -0.25) is 0 Å². The molecule has 0 spiro atoms. The number of sulfonamides is 1. The van der Waals surface area contributed by atoms with Gasteiger partial charge in [0, 0.05) is 24.0 Å². The first-order valence-corrected chi connectivity index (χ1v) is 13.8. The van der Waals surface area contributed by atoms with Crippen molar-refractivity contribution in [2.24, 2.45) is 5.92 Å². The SMILES string of the molecule is C=CC1CN(S(=O)(=O)c2ccccc2)C/C1=C(/Cl)CO[Si](C)(C)C(C)(C)C. The maximum Gasteiger partial charge on any atom is 0.243 e. The third-order valence-electron chi connectivity index (χ3n) is 5.57. The molecule has 1 heterocycles. The molecule has 1 aliphatic rings. The van der Waals surface area contributed by atoms with Crippen LogP contribution in [0.4, 0.5) is 0 Å². The van der Waals surface area contributed by atoms with Crippen molar-refractivity contribution in [1.82, 2.24) is 4.31 Å². The van der Waals surface area contributed by atoms with Crippen molar-refractivity contribution in [3.63, 3.8) is 0 Å². The Hall–Kier alpha value is -0.923. The summed E-state index contributed by atoms with van der Waals surface area (Å²) in [4.78, 5) is 0.294. The zero-order chi connectivity index (χ0) is 20.5. The lowest BCUT2D eigenvalue weighted by molar-refractivity contribution is 0.323. The van der Waals surface area contributed by atoms with Crippen LogP contribution in [0.3, 0.4) is 0 Å². The zero-order valence-corrected chi connectivity index (χ0v) is 19.4. The lowest BCUT2D eigenvalue weighted by Gasteiger charge is -2.36. The largest absolute Gasteiger partial charge is 0.412 e. The van der Waals surface area contributed by atoms with Crippen molar-refractivity contribution in [3.8, 4) is 0 Å². The summed E-state index contributed by atoms with van der Waals surface area (Å²) in [5.41, 5.74) is 0.880. The maximum absolute atomic E-state index is 12.9. The van der Waals surface area contributed by atoms with E-state index in [1.165, 1.54) is 4.31 Å². The minimum absolute atomic E-state index is 0.0883. The minimum atomic E-state index is -3.55. The van der Waals surface area contributed by atoms with Crippen LogP contribution in [0, 0.1) is 5.92 Å². The smallest absolute Gasteiger partial charge is 0.243 e. The highest BCUT2D eigenvalue weighted by Crippen LogP contribution is 2.38. The molecule has 0 N–H and O–H groups in total. The van der Waals surface area contributed by atoms with Crippen molar-refractivity contribution in [2.75, 3.05) is 19.7 Å². The lowest BCUT2D eigenvalue weighted by atomic mass is 10.0. The van der Waals surface area contributed by atoms with E-state index in [-0.39, 0.29) is 17.5 Å². The van der Waals surface area contributed by atoms with Crippen LogP contribution < -0.4 is 0 Å². The lowest BCUT2D eigenvalue weighted by Crippen LogP contribution is -2.41. The van der Waals surface area contributed by atoms with Crippen LogP contribution >= 0.6 is 11.6 Å². The van der Waals surface area contributed by atoms with Crippen LogP contribution in [0.5, 0.6) is 0 Å². The Morgan fingerprint density at radius 1 is 1.33 bits per heavy atom. The molecule has 1 aromatic rings. The average molecular weight is 428 g/mol. The Morgan fingerprint density at radius 2 is 1.93 bits per heavy atom. The molecule has 0 saturated carbocycles. The summed E-state index contributed by atoms with van der Waals surface area (Å²) in [6, 6.07) is 8.48. The van der Waals surface area contributed by atoms with Crippen molar-refractivity contribution in [1.29, 1.82) is 0 Å². The highest BCUT2D eigenvalue weighted by atomic mass is 35.5. The Balaban J connectivity index is 2.23. The summed E-state index contributed by atoms with van der Waals surface area (Å²) in [5, 5.41) is 0.681. The molecule has 4 nitrogen and oxygen atoms in total. The average Bonchev–Trinajstić information content (AvgIpc) is 3.05. The molecule has 1 saturated heterocycles. The van der Waals surface area contributed by atoms with Gasteiger partial charge in [0.1, 0.15) is 0 Å². The van der Waals surface area contributed by atoms with Crippen molar-refractivity contribution < 1.29 is 12.8 Å². The molecule has 1 fully saturated rings. The molecule has 0 radical (unpaired) electrons. The van der Waals surface area contributed by atoms with Gasteiger partial charge < -0.3 is 4.43 Å². The summed E-state index contributed by atoms with van der Waals surface area (Å²) in [6.07, 6.45) is 1.77. The van der Waals surface area contributed by atoms with E-state index in [9.17, 15) is 8.42 Å². The predicted molar refractivity (Wildman–Crippen MR) is 115 cm³/mol. The molecule has 0 aromatic heterocycles. The molecule has 0 aliphatic carbocycles. The summed E-state index contributed by atoms with van der Waals surface area (Å²) < 4.78 is 33.5. The molecule has 1 aliphatic heterocycles. The second kappa shape index (κ2) is 8.21. The Labute approximate surface area is 170 Å². The van der Waals surface area contributed by atoms with Gasteiger partial charge in [-0.2, -0.15) is 4.31 Å². The highest BCUT2D eigenvalue weighted by molar-refractivity contribution is 7.89. The van der Waals surface area contributed by atoms with E-state index in [1.807, 2.05) is 0 Å². The van der Waals surface area contributed by atoms with E-state index in [0.29, 0.717) is 23.1 Å². The van der Waals surface area contributed by atoms with Gasteiger partial charge in [-0.15, -0.1) is 6.58 Å². The molecular formula is C20H30ClNO3SSi. The van der Waals surface area contributed by atoms with Gasteiger partial charge in [-0.25, -0.2) is 8.42 Å². The Kier molecular flexibility index (Phi) is 6.80. The quantitative estimate of drug-likeness (QED) is 0.473. The summed E-state index contributed by atoms with van der Waals surface area (Å²) >= 11 is 6.59. The number of halogens is 1. The highest BCUT2D eigenvalue weighted by Gasteiger charge is 2.39. The standard InChI is InChI=1S/C20H30ClNO3SSi/c1-7-16-13-22(26(23,24)17-11-9-8-10-12-17)14-18(16)19(21)15-25-27(5,6)20(2,3)4/h7-12,16H,1,13-15H2,2-6H3/b19-18-. The van der Waals surface area contributed by atoms with E-state index in [1.54, 1.807) is 36.4 Å². The van der Waals surface area contributed by atoms with Crippen LogP contribution in [0.2, 0.25) is 18.1 Å². The Bertz CT molecular complexity index is 813. The van der Waals surface area contributed by atoms with Gasteiger partial charge in [0.15, 0.2) is 8.32 Å². The first-order valence-electron chi connectivity index (χ1n) is 9.09. The molecule has 2 rings (SSSR count). The minimum Gasteiger partial charge on any atom is -0.412 e. The summed E-state index contributed by atoms with van der Waals surface area (Å²) in [7, 11) is -5.49. The monoisotopic (exact) mass is 427 g/mol. The second-order valence-electron chi connectivity index (χ2n) is 8.43. The summed E-state index contributed by atoms with van der Waals surface area (Å²) in [6.45, 7) is 15.7. The summed E-state index contributed by atoms with van der Waals surface area (Å²) in [5.74, 6) is -0.0981. The van der Waals surface area contributed by atoms with Crippen LogP contribution in [-0.2, 0) is 14.4 Å². The van der Waals surface area contributed by atoms with Crippen molar-refractivity contribution in [2.45, 2.75) is 43.8 Å². The first kappa shape index (κ1) is 22.4. The van der Waals surface area contributed by atoms with Crippen molar-refractivity contribution in [3.05, 3.63) is 53.6 Å². The Morgan fingerprint density at radius 3 is 2.44 bits per heavy atom. The van der Waals surface area contributed by atoms with Crippen LogP contribution in [-0.4, -0.2) is 40.7 Å². The van der Waals surface area contributed by atoms with E-state index in [0.717, 1.165) is 5.57 Å². The predicted octanol–water partition coefficient (Wildman–Crippen LogP) is 5.01. The maximum atomic E-state index is 12.9. The van der Waals surface area contributed by atoms with Crippen LogP contribution in [0.1, 0.15) is 20.8 Å². The van der Waals surface area contributed by atoms with Gasteiger partial charge in [0.05, 0.1) is 11.5 Å². The fraction of sp³-hybridized carbons (Fsp3) is 0.500. The van der Waals surface area contributed by atoms with Gasteiger partial charge >= 0.3 is 0 Å². The van der Waals surface area contributed by atoms with E-state index >= 15 is 0 Å². The molecular weight excluding hydrogens is 398 g/mol. The fourth-order valence-electron chi connectivity index (χ4n) is 2.68. The number of benzene rings is 1. The third kappa shape index (κ3) is 4.92. The molecule has 0 amide bonds. The topological polar surface area (TPSA) is 46.6 Å². The normalized spacial score (nSPS) is 21.3. The number of hydrogen-bond acceptors (Lipinski definition) is 3. The van der Waals surface area contributed by atoms with Gasteiger partial charge in [0.2, 0.25) is 10.0 Å². The number of rotatable bonds is 6. The second-order valence-corrected chi connectivity index (χ2v) is 15.6. The first-order chi connectivity index (χ1) is 12.4. The molecule has 27 heavy (non-hydrogen) atoms. The molecule has 0 bridgehead atoms. The van der Waals surface area contributed by atoms with Gasteiger partial charge in [0.25, 0.3) is 0 Å². The van der Waals surface area contributed by atoms with Crippen LogP contribution in [0.25, 0.3) is 0 Å². The molecule has 1 atom stereocenters. The van der Waals surface area contributed by atoms with E-state index in [2.05, 4.69) is 40.4 Å². The van der Waals surface area contributed by atoms with Crippen LogP contribution in [0.15, 0.2) is 58.5 Å². The number of hydrogen-bond donors (Lipinski definition) is 0. The zero-order valence-electron chi connectivity index (χ0n) is 16.8. The fourth-order valence-corrected chi connectivity index (χ4v) is 5.43. The molecule has 1 unspecified atom stereocenters. The van der Waals surface area contributed by atoms with E-state index < -0.39 is 18.3 Å². The van der Waals surface area contributed by atoms with Gasteiger partial charge in [-0.1, -0.05) is 56.6 Å².